The fourth-order valence-electron chi connectivity index (χ4n) is 11.1. The predicted octanol–water partition coefficient (Wildman–Crippen LogP) is 6.96. The number of esters is 1. The third-order valence-electron chi connectivity index (χ3n) is 13.4. The number of nitriles is 1. The summed E-state index contributed by atoms with van der Waals surface area (Å²) in [6.45, 7) is 16.2. The molecule has 0 radical (unpaired) electrons. The van der Waals surface area contributed by atoms with Gasteiger partial charge in [0.05, 0.1) is 18.1 Å². The molecule has 0 aromatic carbocycles. The summed E-state index contributed by atoms with van der Waals surface area (Å²) < 4.78 is 5.53. The van der Waals surface area contributed by atoms with Crippen molar-refractivity contribution in [2.45, 2.75) is 99.8 Å². The van der Waals surface area contributed by atoms with Crippen LogP contribution in [0.2, 0.25) is 0 Å². The Bertz CT molecular complexity index is 1170. The Morgan fingerprint density at radius 2 is 1.66 bits per heavy atom. The zero-order chi connectivity index (χ0) is 28.1. The van der Waals surface area contributed by atoms with E-state index in [4.69, 9.17) is 9.73 Å². The van der Waals surface area contributed by atoms with Crippen LogP contribution in [0.1, 0.15) is 99.8 Å². The van der Waals surface area contributed by atoms with Gasteiger partial charge in [0, 0.05) is 24.1 Å². The average molecular weight is 521 g/mol. The molecule has 0 amide bonds. The summed E-state index contributed by atoms with van der Waals surface area (Å²) in [5.74, 6) is 0.912. The fourth-order valence-corrected chi connectivity index (χ4v) is 11.1. The van der Waals surface area contributed by atoms with Crippen LogP contribution in [0.25, 0.3) is 0 Å². The number of methoxy groups -OCH3 is 1. The van der Waals surface area contributed by atoms with Crippen LogP contribution >= 0.6 is 0 Å². The van der Waals surface area contributed by atoms with Crippen molar-refractivity contribution in [3.8, 4) is 6.07 Å². The summed E-state index contributed by atoms with van der Waals surface area (Å²) in [6, 6.07) is 2.27. The Kier molecular flexibility index (Phi) is 6.01. The first kappa shape index (κ1) is 27.6. The van der Waals surface area contributed by atoms with Crippen LogP contribution in [-0.4, -0.2) is 31.6 Å². The van der Waals surface area contributed by atoms with E-state index in [9.17, 15) is 14.9 Å². The summed E-state index contributed by atoms with van der Waals surface area (Å²) in [7, 11) is 3.50. The standard InChI is InChI=1S/C33H48N2O3/c1-28(2)12-14-33(27(37)38-9)15-13-32(7)25(21(33)18-28)22(35-8)16-24-30(5)17-20(19-34)26(36)29(3,4)23(30)10-11-31(24,32)6/h17,21,23-25H,10-16,18H2,1-9H3/t21-,23-,24+,25-,30-,31+,32+,33-/m0/s1. The molecular formula is C33H48N2O3. The minimum atomic E-state index is -0.558. The normalized spacial score (nSPS) is 47.9. The molecule has 5 rings (SSSR count). The molecule has 5 aliphatic carbocycles. The maximum absolute atomic E-state index is 13.5. The molecule has 8 atom stereocenters. The first-order valence-corrected chi connectivity index (χ1v) is 14.8. The molecule has 208 valence electrons. The van der Waals surface area contributed by atoms with Gasteiger partial charge in [0.15, 0.2) is 5.78 Å². The van der Waals surface area contributed by atoms with Gasteiger partial charge in [-0.15, -0.1) is 0 Å². The van der Waals surface area contributed by atoms with Crippen LogP contribution in [0.5, 0.6) is 0 Å². The van der Waals surface area contributed by atoms with Crippen LogP contribution in [0, 0.1) is 67.5 Å². The first-order valence-electron chi connectivity index (χ1n) is 14.8. The number of fused-ring (bicyclic) bond motifs is 7. The highest BCUT2D eigenvalue weighted by atomic mass is 16.5. The van der Waals surface area contributed by atoms with E-state index >= 15 is 0 Å². The van der Waals surface area contributed by atoms with Gasteiger partial charge in [0.1, 0.15) is 6.07 Å². The predicted molar refractivity (Wildman–Crippen MR) is 149 cm³/mol. The minimum Gasteiger partial charge on any atom is -0.469 e. The summed E-state index contributed by atoms with van der Waals surface area (Å²) in [4.78, 5) is 31.9. The molecule has 0 heterocycles. The molecule has 4 fully saturated rings. The van der Waals surface area contributed by atoms with E-state index in [1.54, 1.807) is 7.11 Å². The second kappa shape index (κ2) is 8.28. The number of hydrogen-bond acceptors (Lipinski definition) is 5. The molecule has 0 unspecified atom stereocenters. The summed E-state index contributed by atoms with van der Waals surface area (Å²) in [6.07, 6.45) is 9.79. The summed E-state index contributed by atoms with van der Waals surface area (Å²) in [5.41, 5.74) is 0.492. The number of hydrogen-bond donors (Lipinski definition) is 0. The number of ether oxygens (including phenoxy) is 1. The van der Waals surface area contributed by atoms with E-state index in [-0.39, 0.29) is 57.1 Å². The van der Waals surface area contributed by atoms with E-state index < -0.39 is 10.8 Å². The zero-order valence-electron chi connectivity index (χ0n) is 25.2. The second-order valence-corrected chi connectivity index (χ2v) is 15.6. The monoisotopic (exact) mass is 520 g/mol. The average Bonchev–Trinajstić information content (AvgIpc) is 2.85. The Hall–Kier alpha value is -1.96. The van der Waals surface area contributed by atoms with Crippen LogP contribution < -0.4 is 0 Å². The maximum Gasteiger partial charge on any atom is 0.312 e. The molecule has 5 heteroatoms. The highest BCUT2D eigenvalue weighted by Gasteiger charge is 2.72. The molecule has 0 N–H and O–H groups in total. The molecule has 38 heavy (non-hydrogen) atoms. The van der Waals surface area contributed by atoms with Crippen molar-refractivity contribution in [1.82, 2.24) is 0 Å². The summed E-state index contributed by atoms with van der Waals surface area (Å²) in [5, 5.41) is 9.97. The number of ketones is 1. The van der Waals surface area contributed by atoms with Gasteiger partial charge in [-0.2, -0.15) is 5.26 Å². The van der Waals surface area contributed by atoms with Gasteiger partial charge in [-0.1, -0.05) is 54.5 Å². The molecule has 4 saturated carbocycles. The van der Waals surface area contributed by atoms with Crippen molar-refractivity contribution in [2.75, 3.05) is 14.2 Å². The molecule has 5 nitrogen and oxygen atoms in total. The van der Waals surface area contributed by atoms with Crippen molar-refractivity contribution in [1.29, 1.82) is 5.26 Å². The Balaban J connectivity index is 1.68. The molecule has 0 aromatic rings. The van der Waals surface area contributed by atoms with Gasteiger partial charge in [-0.3, -0.25) is 14.6 Å². The van der Waals surface area contributed by atoms with Crippen LogP contribution in [0.3, 0.4) is 0 Å². The van der Waals surface area contributed by atoms with Crippen molar-refractivity contribution >= 4 is 17.5 Å². The molecule has 0 aliphatic heterocycles. The van der Waals surface area contributed by atoms with Gasteiger partial charge >= 0.3 is 5.97 Å². The largest absolute Gasteiger partial charge is 0.469 e. The van der Waals surface area contributed by atoms with Gasteiger partial charge in [0.25, 0.3) is 0 Å². The van der Waals surface area contributed by atoms with Gasteiger partial charge < -0.3 is 4.74 Å². The number of aliphatic imine (C=N–C) groups is 1. The maximum atomic E-state index is 13.5. The SMILES string of the molecule is CN=C1C[C@@H]2[C@@]3(C)C=C(C#N)C(=O)C(C)(C)[C@@H]3CC[C@@]2(C)[C@]2(C)CC[C@@]3(C(=O)OC)CCC(C)(C)C[C@H]3[C@@H]12. The number of carbonyl (C=O) groups excluding carboxylic acids is 2. The van der Waals surface area contributed by atoms with Crippen LogP contribution in [-0.2, 0) is 14.3 Å². The van der Waals surface area contributed by atoms with Crippen molar-refractivity contribution < 1.29 is 14.3 Å². The van der Waals surface area contributed by atoms with Crippen molar-refractivity contribution in [3.05, 3.63) is 11.6 Å². The van der Waals surface area contributed by atoms with Crippen molar-refractivity contribution in [2.24, 2.45) is 61.2 Å². The highest BCUT2D eigenvalue weighted by molar-refractivity contribution is 6.04. The first-order chi connectivity index (χ1) is 17.6. The van der Waals surface area contributed by atoms with Gasteiger partial charge in [-0.25, -0.2) is 0 Å². The number of Topliss-reactive ketones (excluding diaryl/α,β-unsaturated/α-hetero) is 1. The molecule has 0 aromatic heterocycles. The van der Waals surface area contributed by atoms with Crippen LogP contribution in [0.4, 0.5) is 0 Å². The van der Waals surface area contributed by atoms with Gasteiger partial charge in [0.2, 0.25) is 0 Å². The van der Waals surface area contributed by atoms with Crippen LogP contribution in [0.15, 0.2) is 16.6 Å². The molecule has 5 aliphatic rings. The lowest BCUT2D eigenvalue weighted by atomic mass is 9.31. The second-order valence-electron chi connectivity index (χ2n) is 15.6. The van der Waals surface area contributed by atoms with Gasteiger partial charge in [-0.05, 0) is 90.8 Å². The Morgan fingerprint density at radius 3 is 2.26 bits per heavy atom. The van der Waals surface area contributed by atoms with E-state index in [0.29, 0.717) is 5.57 Å². The third-order valence-corrected chi connectivity index (χ3v) is 13.4. The molecular weight excluding hydrogens is 472 g/mol. The number of nitrogens with zero attached hydrogens (tertiary/aromatic N) is 2. The smallest absolute Gasteiger partial charge is 0.312 e. The number of carbonyl (C=O) groups is 2. The fraction of sp³-hybridized carbons (Fsp3) is 0.818. The Morgan fingerprint density at radius 1 is 1.00 bits per heavy atom. The third kappa shape index (κ3) is 3.24. The minimum absolute atomic E-state index is 0.000299. The topological polar surface area (TPSA) is 79.5 Å². The van der Waals surface area contributed by atoms with E-state index in [0.717, 1.165) is 51.4 Å². The molecule has 0 spiro atoms. The highest BCUT2D eigenvalue weighted by Crippen LogP contribution is 2.76. The Labute approximate surface area is 229 Å². The zero-order valence-corrected chi connectivity index (χ0v) is 25.2. The number of allylic oxidation sites excluding steroid dienone is 2. The summed E-state index contributed by atoms with van der Waals surface area (Å²) >= 11 is 0. The lowest BCUT2D eigenvalue weighted by molar-refractivity contribution is -0.207. The molecule has 0 bridgehead atoms. The van der Waals surface area contributed by atoms with E-state index in [1.165, 1.54) is 5.71 Å². The van der Waals surface area contributed by atoms with E-state index in [1.807, 2.05) is 7.05 Å². The lowest BCUT2D eigenvalue weighted by Gasteiger charge is -2.72. The molecule has 0 saturated heterocycles. The lowest BCUT2D eigenvalue weighted by Crippen LogP contribution is -2.69. The quantitative estimate of drug-likeness (QED) is 0.350. The number of rotatable bonds is 1. The van der Waals surface area contributed by atoms with Crippen molar-refractivity contribution in [3.63, 3.8) is 0 Å². The van der Waals surface area contributed by atoms with E-state index in [2.05, 4.69) is 60.6 Å².